The molecular formula is C23H20FN3O2. The molecule has 4 rings (SSSR count). The second-order valence-electron chi connectivity index (χ2n) is 6.85. The number of rotatable bonds is 5. The lowest BCUT2D eigenvalue weighted by atomic mass is 10.0. The molecule has 0 bridgehead atoms. The average molecular weight is 389 g/mol. The molecule has 0 spiro atoms. The number of aromatic nitrogens is 2. The summed E-state index contributed by atoms with van der Waals surface area (Å²) in [4.78, 5) is 17.6. The van der Waals surface area contributed by atoms with Gasteiger partial charge in [0.05, 0.1) is 23.4 Å². The fraction of sp³-hybridized carbons (Fsp3) is 0.130. The number of amides is 1. The summed E-state index contributed by atoms with van der Waals surface area (Å²) in [5.74, 6) is -0.548. The van der Waals surface area contributed by atoms with E-state index in [2.05, 4.69) is 10.3 Å². The van der Waals surface area contributed by atoms with Crippen molar-refractivity contribution >= 4 is 11.4 Å². The summed E-state index contributed by atoms with van der Waals surface area (Å²) >= 11 is 0. The normalized spacial score (nSPS) is 13.2. The van der Waals surface area contributed by atoms with Crippen molar-refractivity contribution in [2.45, 2.75) is 19.1 Å². The summed E-state index contributed by atoms with van der Waals surface area (Å²) in [6.45, 7) is 1.63. The number of aliphatic hydroxyl groups is 1. The van der Waals surface area contributed by atoms with E-state index in [1.165, 1.54) is 12.1 Å². The highest BCUT2D eigenvalue weighted by atomic mass is 19.1. The Bertz CT molecular complexity index is 1140. The molecule has 0 saturated heterocycles. The summed E-state index contributed by atoms with van der Waals surface area (Å²) in [7, 11) is 0. The van der Waals surface area contributed by atoms with Crippen molar-refractivity contribution in [3.8, 4) is 11.3 Å². The van der Waals surface area contributed by atoms with Crippen molar-refractivity contribution in [3.05, 3.63) is 96.2 Å². The van der Waals surface area contributed by atoms with E-state index in [1.807, 2.05) is 48.5 Å². The Morgan fingerprint density at radius 1 is 1.03 bits per heavy atom. The Balaban J connectivity index is 1.74. The quantitative estimate of drug-likeness (QED) is 0.542. The Kier molecular flexibility index (Phi) is 5.10. The van der Waals surface area contributed by atoms with Gasteiger partial charge in [-0.1, -0.05) is 36.4 Å². The van der Waals surface area contributed by atoms with Crippen LogP contribution in [0.1, 0.15) is 29.1 Å². The standard InChI is InChI=1S/C23H20FN3O2/c1-15(28)20(16-7-3-2-4-8-16)26-23(29)22-25-21(17-10-12-18(24)13-11-17)19-9-5-6-14-27(19)22/h2-15,20,28H,1H3,(H,26,29)/t15?,20-/m0/s1. The minimum Gasteiger partial charge on any atom is -0.391 e. The topological polar surface area (TPSA) is 66.6 Å². The SMILES string of the molecule is CC(O)[C@H](NC(=O)c1nc(-c2ccc(F)cc2)c2ccccn12)c1ccccc1. The average Bonchev–Trinajstić information content (AvgIpc) is 3.13. The third kappa shape index (κ3) is 3.75. The second-order valence-corrected chi connectivity index (χ2v) is 6.85. The first-order valence-corrected chi connectivity index (χ1v) is 9.31. The summed E-state index contributed by atoms with van der Waals surface area (Å²) in [6.07, 6.45) is 0.966. The van der Waals surface area contributed by atoms with Gasteiger partial charge in [0, 0.05) is 11.8 Å². The third-order valence-electron chi connectivity index (χ3n) is 4.80. The van der Waals surface area contributed by atoms with Gasteiger partial charge < -0.3 is 10.4 Å². The van der Waals surface area contributed by atoms with Gasteiger partial charge in [0.2, 0.25) is 5.82 Å². The Morgan fingerprint density at radius 2 is 1.72 bits per heavy atom. The summed E-state index contributed by atoms with van der Waals surface area (Å²) in [5.41, 5.74) is 2.83. The number of fused-ring (bicyclic) bond motifs is 1. The molecule has 0 aliphatic rings. The minimum absolute atomic E-state index is 0.196. The maximum atomic E-state index is 13.3. The molecule has 2 aromatic heterocycles. The van der Waals surface area contributed by atoms with E-state index in [0.717, 1.165) is 11.1 Å². The minimum atomic E-state index is -0.788. The van der Waals surface area contributed by atoms with Crippen LogP contribution in [0.4, 0.5) is 4.39 Å². The van der Waals surface area contributed by atoms with Crippen LogP contribution in [-0.4, -0.2) is 26.5 Å². The molecule has 5 nitrogen and oxygen atoms in total. The zero-order valence-electron chi connectivity index (χ0n) is 15.8. The number of imidazole rings is 1. The number of hydrogen-bond acceptors (Lipinski definition) is 3. The van der Waals surface area contributed by atoms with E-state index in [4.69, 9.17) is 0 Å². The van der Waals surface area contributed by atoms with E-state index in [0.29, 0.717) is 11.3 Å². The van der Waals surface area contributed by atoms with Gasteiger partial charge >= 0.3 is 0 Å². The maximum absolute atomic E-state index is 13.3. The van der Waals surface area contributed by atoms with Crippen LogP contribution in [0.25, 0.3) is 16.8 Å². The smallest absolute Gasteiger partial charge is 0.288 e. The van der Waals surface area contributed by atoms with Gasteiger partial charge in [-0.25, -0.2) is 9.37 Å². The molecule has 6 heteroatoms. The first kappa shape index (κ1) is 18.8. The highest BCUT2D eigenvalue weighted by Gasteiger charge is 2.24. The zero-order valence-corrected chi connectivity index (χ0v) is 15.8. The lowest BCUT2D eigenvalue weighted by Crippen LogP contribution is -2.36. The summed E-state index contributed by atoms with van der Waals surface area (Å²) < 4.78 is 15.0. The predicted octanol–water partition coefficient (Wildman–Crippen LogP) is 3.99. The molecule has 2 atom stereocenters. The van der Waals surface area contributed by atoms with Crippen molar-refractivity contribution in [1.29, 1.82) is 0 Å². The molecule has 4 aromatic rings. The van der Waals surface area contributed by atoms with Crippen LogP contribution in [0, 0.1) is 5.82 Å². The largest absolute Gasteiger partial charge is 0.391 e. The summed E-state index contributed by atoms with van der Waals surface area (Å²) in [6, 6.07) is 20.2. The number of halogens is 1. The van der Waals surface area contributed by atoms with Crippen LogP contribution in [0.5, 0.6) is 0 Å². The van der Waals surface area contributed by atoms with Crippen molar-refractivity contribution in [3.63, 3.8) is 0 Å². The van der Waals surface area contributed by atoms with E-state index >= 15 is 0 Å². The van der Waals surface area contributed by atoms with Crippen LogP contribution < -0.4 is 5.32 Å². The van der Waals surface area contributed by atoms with Crippen molar-refractivity contribution < 1.29 is 14.3 Å². The highest BCUT2D eigenvalue weighted by Crippen LogP contribution is 2.26. The molecular weight excluding hydrogens is 369 g/mol. The van der Waals surface area contributed by atoms with Crippen LogP contribution in [0.15, 0.2) is 79.0 Å². The molecule has 146 valence electrons. The van der Waals surface area contributed by atoms with Crippen LogP contribution >= 0.6 is 0 Å². The fourth-order valence-electron chi connectivity index (χ4n) is 3.37. The van der Waals surface area contributed by atoms with E-state index in [-0.39, 0.29) is 11.6 Å². The van der Waals surface area contributed by atoms with Gasteiger partial charge in [-0.2, -0.15) is 0 Å². The highest BCUT2D eigenvalue weighted by molar-refractivity contribution is 5.94. The molecule has 0 radical (unpaired) electrons. The Hall–Kier alpha value is -3.51. The molecule has 2 aromatic carbocycles. The molecule has 0 aliphatic carbocycles. The lowest BCUT2D eigenvalue weighted by Gasteiger charge is -2.21. The Morgan fingerprint density at radius 3 is 2.41 bits per heavy atom. The number of nitrogens with zero attached hydrogens (tertiary/aromatic N) is 2. The predicted molar refractivity (Wildman–Crippen MR) is 109 cm³/mol. The molecule has 0 saturated carbocycles. The van der Waals surface area contributed by atoms with Crippen molar-refractivity contribution in [1.82, 2.24) is 14.7 Å². The van der Waals surface area contributed by atoms with Gasteiger partial charge in [-0.15, -0.1) is 0 Å². The number of hydrogen-bond donors (Lipinski definition) is 2. The molecule has 1 unspecified atom stereocenters. The Labute approximate surface area is 167 Å². The lowest BCUT2D eigenvalue weighted by molar-refractivity contribution is 0.0847. The van der Waals surface area contributed by atoms with Gasteiger partial charge in [0.15, 0.2) is 0 Å². The second kappa shape index (κ2) is 7.85. The molecule has 0 fully saturated rings. The number of carbonyl (C=O) groups excluding carboxylic acids is 1. The zero-order chi connectivity index (χ0) is 20.4. The van der Waals surface area contributed by atoms with Gasteiger partial charge in [0.1, 0.15) is 5.82 Å². The van der Waals surface area contributed by atoms with Crippen LogP contribution in [0.2, 0.25) is 0 Å². The van der Waals surface area contributed by atoms with Crippen molar-refractivity contribution in [2.24, 2.45) is 0 Å². The molecule has 1 amide bonds. The van der Waals surface area contributed by atoms with Gasteiger partial charge in [-0.05, 0) is 48.9 Å². The monoisotopic (exact) mass is 389 g/mol. The summed E-state index contributed by atoms with van der Waals surface area (Å²) in [5, 5.41) is 13.1. The van der Waals surface area contributed by atoms with E-state index < -0.39 is 18.1 Å². The number of benzene rings is 2. The molecule has 29 heavy (non-hydrogen) atoms. The van der Waals surface area contributed by atoms with E-state index in [9.17, 15) is 14.3 Å². The fourth-order valence-corrected chi connectivity index (χ4v) is 3.37. The third-order valence-corrected chi connectivity index (χ3v) is 4.80. The first-order chi connectivity index (χ1) is 14.0. The van der Waals surface area contributed by atoms with Crippen LogP contribution in [-0.2, 0) is 0 Å². The van der Waals surface area contributed by atoms with Crippen LogP contribution in [0.3, 0.4) is 0 Å². The van der Waals surface area contributed by atoms with Crippen molar-refractivity contribution in [2.75, 3.05) is 0 Å². The first-order valence-electron chi connectivity index (χ1n) is 9.31. The molecule has 2 N–H and O–H groups in total. The van der Waals surface area contributed by atoms with Gasteiger partial charge in [-0.3, -0.25) is 9.20 Å². The molecule has 2 heterocycles. The number of nitrogens with one attached hydrogen (secondary N) is 1. The number of aliphatic hydroxyl groups excluding tert-OH is 1. The maximum Gasteiger partial charge on any atom is 0.288 e. The number of pyridine rings is 1. The molecule has 0 aliphatic heterocycles. The number of carbonyl (C=O) groups is 1. The van der Waals surface area contributed by atoms with Gasteiger partial charge in [0.25, 0.3) is 5.91 Å². The van der Waals surface area contributed by atoms with E-state index in [1.54, 1.807) is 29.7 Å².